The van der Waals surface area contributed by atoms with E-state index in [9.17, 15) is 0 Å². The fraction of sp³-hybridized carbons (Fsp3) is 0.333. The second kappa shape index (κ2) is 6.00. The highest BCUT2D eigenvalue weighted by molar-refractivity contribution is 9.10. The Labute approximate surface area is 121 Å². The molecule has 0 spiro atoms. The van der Waals surface area contributed by atoms with Crippen LogP contribution < -0.4 is 5.32 Å². The van der Waals surface area contributed by atoms with Crippen molar-refractivity contribution < 1.29 is 0 Å². The van der Waals surface area contributed by atoms with E-state index in [1.54, 1.807) is 11.3 Å². The van der Waals surface area contributed by atoms with Gasteiger partial charge in [-0.15, -0.1) is 11.3 Å². The van der Waals surface area contributed by atoms with Gasteiger partial charge in [-0.1, -0.05) is 30.7 Å². The van der Waals surface area contributed by atoms with Gasteiger partial charge >= 0.3 is 0 Å². The standard InChI is InChI=1S/C15H18BrNS/c1-4-17-15(14-8-12(16)9-18-14)13-7-10(2)5-6-11(13)3/h5-9,15,17H,4H2,1-3H3. The highest BCUT2D eigenvalue weighted by Crippen LogP contribution is 2.31. The van der Waals surface area contributed by atoms with Gasteiger partial charge in [0.2, 0.25) is 0 Å². The first kappa shape index (κ1) is 13.8. The monoisotopic (exact) mass is 323 g/mol. The van der Waals surface area contributed by atoms with Gasteiger partial charge in [-0.3, -0.25) is 0 Å². The molecule has 1 nitrogen and oxygen atoms in total. The molecule has 1 heterocycles. The van der Waals surface area contributed by atoms with Crippen LogP contribution in [0.3, 0.4) is 0 Å². The van der Waals surface area contributed by atoms with E-state index in [1.165, 1.54) is 21.6 Å². The van der Waals surface area contributed by atoms with Crippen molar-refractivity contribution in [3.05, 3.63) is 55.7 Å². The SMILES string of the molecule is CCNC(c1cc(Br)cs1)c1cc(C)ccc1C. The van der Waals surface area contributed by atoms with Crippen molar-refractivity contribution in [2.45, 2.75) is 26.8 Å². The Morgan fingerprint density at radius 2 is 2.06 bits per heavy atom. The van der Waals surface area contributed by atoms with Gasteiger partial charge in [0.1, 0.15) is 0 Å². The first-order valence-corrected chi connectivity index (χ1v) is 7.83. The minimum atomic E-state index is 0.297. The van der Waals surface area contributed by atoms with Gasteiger partial charge in [0, 0.05) is 14.7 Å². The number of benzene rings is 1. The maximum Gasteiger partial charge on any atom is 0.0674 e. The van der Waals surface area contributed by atoms with E-state index in [2.05, 4.69) is 71.7 Å². The minimum Gasteiger partial charge on any atom is -0.306 e. The summed E-state index contributed by atoms with van der Waals surface area (Å²) < 4.78 is 1.16. The molecule has 96 valence electrons. The van der Waals surface area contributed by atoms with E-state index < -0.39 is 0 Å². The van der Waals surface area contributed by atoms with Crippen LogP contribution in [0.15, 0.2) is 34.1 Å². The van der Waals surface area contributed by atoms with Gasteiger partial charge in [-0.2, -0.15) is 0 Å². The highest BCUT2D eigenvalue weighted by Gasteiger charge is 2.17. The number of rotatable bonds is 4. The van der Waals surface area contributed by atoms with Crippen LogP contribution in [0.5, 0.6) is 0 Å². The van der Waals surface area contributed by atoms with Crippen LogP contribution >= 0.6 is 27.3 Å². The van der Waals surface area contributed by atoms with Gasteiger partial charge in [-0.05, 0) is 53.5 Å². The lowest BCUT2D eigenvalue weighted by Gasteiger charge is -2.19. The molecule has 2 rings (SSSR count). The minimum absolute atomic E-state index is 0.297. The van der Waals surface area contributed by atoms with E-state index in [0.29, 0.717) is 6.04 Å². The number of thiophene rings is 1. The second-order valence-corrected chi connectivity index (χ2v) is 6.38. The smallest absolute Gasteiger partial charge is 0.0674 e. The topological polar surface area (TPSA) is 12.0 Å². The van der Waals surface area contributed by atoms with Crippen molar-refractivity contribution in [3.8, 4) is 0 Å². The molecule has 1 aromatic carbocycles. The maximum atomic E-state index is 3.59. The molecule has 0 amide bonds. The van der Waals surface area contributed by atoms with Crippen molar-refractivity contribution in [2.24, 2.45) is 0 Å². The summed E-state index contributed by atoms with van der Waals surface area (Å²) in [6.45, 7) is 7.45. The van der Waals surface area contributed by atoms with Crippen LogP contribution in [0.2, 0.25) is 0 Å². The normalized spacial score (nSPS) is 12.7. The molecule has 2 aromatic rings. The summed E-state index contributed by atoms with van der Waals surface area (Å²) in [6.07, 6.45) is 0. The van der Waals surface area contributed by atoms with E-state index in [1.807, 2.05) is 0 Å². The van der Waals surface area contributed by atoms with Crippen LogP contribution in [0.1, 0.15) is 34.5 Å². The zero-order valence-corrected chi connectivity index (χ0v) is 13.4. The summed E-state index contributed by atoms with van der Waals surface area (Å²) in [4.78, 5) is 1.36. The largest absolute Gasteiger partial charge is 0.306 e. The zero-order chi connectivity index (χ0) is 13.1. The lowest BCUT2D eigenvalue weighted by Crippen LogP contribution is -2.22. The summed E-state index contributed by atoms with van der Waals surface area (Å²) in [5.74, 6) is 0. The van der Waals surface area contributed by atoms with E-state index >= 15 is 0 Å². The fourth-order valence-electron chi connectivity index (χ4n) is 2.12. The predicted octanol–water partition coefficient (Wildman–Crippen LogP) is 4.83. The molecule has 0 saturated carbocycles. The molecule has 0 saturated heterocycles. The quantitative estimate of drug-likeness (QED) is 0.850. The Morgan fingerprint density at radius 1 is 1.28 bits per heavy atom. The summed E-state index contributed by atoms with van der Waals surface area (Å²) in [7, 11) is 0. The predicted molar refractivity (Wildman–Crippen MR) is 83.5 cm³/mol. The second-order valence-electron chi connectivity index (χ2n) is 4.52. The van der Waals surface area contributed by atoms with E-state index in [4.69, 9.17) is 0 Å². The summed E-state index contributed by atoms with van der Waals surface area (Å²) in [5, 5.41) is 5.73. The molecule has 0 aliphatic rings. The fourth-order valence-corrected chi connectivity index (χ4v) is 3.66. The van der Waals surface area contributed by atoms with Gasteiger partial charge in [0.05, 0.1) is 6.04 Å². The molecule has 0 radical (unpaired) electrons. The van der Waals surface area contributed by atoms with Crippen LogP contribution in [0.4, 0.5) is 0 Å². The van der Waals surface area contributed by atoms with E-state index in [0.717, 1.165) is 11.0 Å². The van der Waals surface area contributed by atoms with Crippen LogP contribution in [-0.4, -0.2) is 6.54 Å². The van der Waals surface area contributed by atoms with Gasteiger partial charge in [0.15, 0.2) is 0 Å². The van der Waals surface area contributed by atoms with Crippen LogP contribution in [0.25, 0.3) is 0 Å². The molecule has 0 fully saturated rings. The molecule has 1 aromatic heterocycles. The third kappa shape index (κ3) is 3.02. The Morgan fingerprint density at radius 3 is 2.67 bits per heavy atom. The summed E-state index contributed by atoms with van der Waals surface area (Å²) >= 11 is 5.34. The number of halogens is 1. The molecule has 3 heteroatoms. The van der Waals surface area contributed by atoms with Crippen molar-refractivity contribution in [2.75, 3.05) is 6.54 Å². The molecule has 0 bridgehead atoms. The lowest BCUT2D eigenvalue weighted by atomic mass is 9.98. The molecule has 0 aliphatic heterocycles. The summed E-state index contributed by atoms with van der Waals surface area (Å²) in [6, 6.07) is 9.17. The van der Waals surface area contributed by atoms with E-state index in [-0.39, 0.29) is 0 Å². The third-order valence-corrected chi connectivity index (χ3v) is 4.78. The van der Waals surface area contributed by atoms with Gasteiger partial charge in [-0.25, -0.2) is 0 Å². The van der Waals surface area contributed by atoms with Crippen LogP contribution in [0, 0.1) is 13.8 Å². The molecule has 1 unspecified atom stereocenters. The van der Waals surface area contributed by atoms with Crippen molar-refractivity contribution >= 4 is 27.3 Å². The highest BCUT2D eigenvalue weighted by atomic mass is 79.9. The Bertz CT molecular complexity index is 533. The number of nitrogens with one attached hydrogen (secondary N) is 1. The molecule has 0 aliphatic carbocycles. The average Bonchev–Trinajstić information content (AvgIpc) is 2.76. The Kier molecular flexibility index (Phi) is 4.60. The van der Waals surface area contributed by atoms with Crippen molar-refractivity contribution in [3.63, 3.8) is 0 Å². The van der Waals surface area contributed by atoms with Crippen molar-refractivity contribution in [1.29, 1.82) is 0 Å². The molecule has 1 N–H and O–H groups in total. The lowest BCUT2D eigenvalue weighted by molar-refractivity contribution is 0.636. The first-order chi connectivity index (χ1) is 8.61. The average molecular weight is 324 g/mol. The van der Waals surface area contributed by atoms with Gasteiger partial charge < -0.3 is 5.32 Å². The Balaban J connectivity index is 2.44. The van der Waals surface area contributed by atoms with Gasteiger partial charge in [0.25, 0.3) is 0 Å². The zero-order valence-electron chi connectivity index (χ0n) is 11.0. The van der Waals surface area contributed by atoms with Crippen molar-refractivity contribution in [1.82, 2.24) is 5.32 Å². The molecule has 18 heavy (non-hydrogen) atoms. The molecule has 1 atom stereocenters. The maximum absolute atomic E-state index is 3.59. The van der Waals surface area contributed by atoms with Crippen LogP contribution in [-0.2, 0) is 0 Å². The number of aryl methyl sites for hydroxylation is 2. The molecular weight excluding hydrogens is 306 g/mol. The Hall–Kier alpha value is -0.640. The molecular formula is C15H18BrNS. The number of hydrogen-bond donors (Lipinski definition) is 1. The summed E-state index contributed by atoms with van der Waals surface area (Å²) in [5.41, 5.74) is 4.04. The first-order valence-electron chi connectivity index (χ1n) is 6.16. The third-order valence-electron chi connectivity index (χ3n) is 3.03. The number of hydrogen-bond acceptors (Lipinski definition) is 2.